The van der Waals surface area contributed by atoms with Crippen LogP contribution in [0.1, 0.15) is 11.1 Å². The van der Waals surface area contributed by atoms with Crippen molar-refractivity contribution < 1.29 is 13.3 Å². The summed E-state index contributed by atoms with van der Waals surface area (Å²) in [5, 5.41) is 0. The fourth-order valence-electron chi connectivity index (χ4n) is 3.17. The zero-order valence-corrected chi connectivity index (χ0v) is 14.7. The molecule has 5 heteroatoms. The standard InChI is InChI=1S/C19H24N2O2S/c22-24(23,17-19-9-5-2-6-10-19)21-15-13-20(14-16-21)12-11-18-7-3-1-4-8-18/h1-10H,11-17H2/p+1. The number of benzene rings is 2. The van der Waals surface area contributed by atoms with Crippen molar-refractivity contribution >= 4 is 10.0 Å². The fraction of sp³-hybridized carbons (Fsp3) is 0.368. The molecule has 1 saturated heterocycles. The Morgan fingerprint density at radius 2 is 1.38 bits per heavy atom. The van der Waals surface area contributed by atoms with Gasteiger partial charge in [0.2, 0.25) is 10.0 Å². The molecule has 0 unspecified atom stereocenters. The lowest BCUT2D eigenvalue weighted by molar-refractivity contribution is -0.903. The molecule has 0 spiro atoms. The number of hydrogen-bond acceptors (Lipinski definition) is 2. The Bertz CT molecular complexity index is 724. The Balaban J connectivity index is 1.49. The summed E-state index contributed by atoms with van der Waals surface area (Å²) in [6, 6.07) is 19.9. The third-order valence-electron chi connectivity index (χ3n) is 4.62. The van der Waals surface area contributed by atoms with Gasteiger partial charge in [-0.3, -0.25) is 0 Å². The topological polar surface area (TPSA) is 41.8 Å². The van der Waals surface area contributed by atoms with Crippen LogP contribution >= 0.6 is 0 Å². The highest BCUT2D eigenvalue weighted by molar-refractivity contribution is 7.88. The number of quaternary nitrogens is 1. The van der Waals surface area contributed by atoms with Gasteiger partial charge in [0.1, 0.15) is 0 Å². The summed E-state index contributed by atoms with van der Waals surface area (Å²) >= 11 is 0. The summed E-state index contributed by atoms with van der Waals surface area (Å²) in [5.41, 5.74) is 2.21. The number of nitrogens with one attached hydrogen (secondary N) is 1. The molecular formula is C19H25N2O2S+. The zero-order valence-electron chi connectivity index (χ0n) is 13.9. The highest BCUT2D eigenvalue weighted by Crippen LogP contribution is 2.10. The van der Waals surface area contributed by atoms with E-state index >= 15 is 0 Å². The van der Waals surface area contributed by atoms with Gasteiger partial charge in [0, 0.05) is 6.42 Å². The molecular weight excluding hydrogens is 320 g/mol. The second-order valence-corrected chi connectivity index (χ2v) is 8.35. The summed E-state index contributed by atoms with van der Waals surface area (Å²) in [6.07, 6.45) is 1.05. The van der Waals surface area contributed by atoms with E-state index in [4.69, 9.17) is 0 Å². The molecule has 2 aromatic carbocycles. The molecule has 1 aliphatic rings. The van der Waals surface area contributed by atoms with Crippen LogP contribution in [0.5, 0.6) is 0 Å². The van der Waals surface area contributed by atoms with Crippen molar-refractivity contribution in [3.8, 4) is 0 Å². The van der Waals surface area contributed by atoms with E-state index in [1.165, 1.54) is 10.5 Å². The van der Waals surface area contributed by atoms with E-state index < -0.39 is 10.0 Å². The van der Waals surface area contributed by atoms with Gasteiger partial charge in [-0.25, -0.2) is 8.42 Å². The maximum Gasteiger partial charge on any atom is 0.218 e. The van der Waals surface area contributed by atoms with Crippen molar-refractivity contribution in [3.63, 3.8) is 0 Å². The lowest BCUT2D eigenvalue weighted by Gasteiger charge is -2.31. The van der Waals surface area contributed by atoms with Gasteiger partial charge in [-0.05, 0) is 11.1 Å². The van der Waals surface area contributed by atoms with Crippen LogP contribution in [0.2, 0.25) is 0 Å². The maximum atomic E-state index is 12.6. The number of piperazine rings is 1. The molecule has 4 nitrogen and oxygen atoms in total. The molecule has 0 saturated carbocycles. The molecule has 1 aliphatic heterocycles. The molecule has 1 N–H and O–H groups in total. The van der Waals surface area contributed by atoms with E-state index in [2.05, 4.69) is 24.3 Å². The summed E-state index contributed by atoms with van der Waals surface area (Å²) < 4.78 is 26.8. The molecule has 0 atom stereocenters. The second-order valence-electron chi connectivity index (χ2n) is 6.38. The van der Waals surface area contributed by atoms with E-state index in [1.807, 2.05) is 36.4 Å². The predicted octanol–water partition coefficient (Wildman–Crippen LogP) is 0.960. The molecule has 1 heterocycles. The molecule has 3 rings (SSSR count). The van der Waals surface area contributed by atoms with Crippen LogP contribution in [0.4, 0.5) is 0 Å². The van der Waals surface area contributed by atoms with E-state index in [1.54, 1.807) is 4.31 Å². The zero-order chi connectivity index (χ0) is 16.8. The molecule has 0 aromatic heterocycles. The van der Waals surface area contributed by atoms with Crippen LogP contribution in [-0.4, -0.2) is 45.4 Å². The molecule has 0 bridgehead atoms. The van der Waals surface area contributed by atoms with Gasteiger partial charge in [-0.2, -0.15) is 4.31 Å². The Morgan fingerprint density at radius 3 is 1.96 bits per heavy atom. The Labute approximate surface area is 144 Å². The first kappa shape index (κ1) is 17.1. The Hall–Kier alpha value is -1.69. The van der Waals surface area contributed by atoms with Crippen LogP contribution in [0.3, 0.4) is 0 Å². The molecule has 1 fully saturated rings. The average Bonchev–Trinajstić information content (AvgIpc) is 2.62. The summed E-state index contributed by atoms with van der Waals surface area (Å²) in [4.78, 5) is 1.49. The van der Waals surface area contributed by atoms with Gasteiger partial charge in [0.05, 0.1) is 38.5 Å². The molecule has 0 aliphatic carbocycles. The third-order valence-corrected chi connectivity index (χ3v) is 6.47. The first-order chi connectivity index (χ1) is 11.6. The SMILES string of the molecule is O=S(=O)(Cc1ccccc1)N1CC[NH+](CCc2ccccc2)CC1. The van der Waals surface area contributed by atoms with Gasteiger partial charge in [-0.15, -0.1) is 0 Å². The van der Waals surface area contributed by atoms with Crippen LogP contribution in [-0.2, 0) is 22.2 Å². The third kappa shape index (κ3) is 4.66. The summed E-state index contributed by atoms with van der Waals surface area (Å²) in [5.74, 6) is 0.104. The number of nitrogens with zero attached hydrogens (tertiary/aromatic N) is 1. The number of hydrogen-bond donors (Lipinski definition) is 1. The van der Waals surface area contributed by atoms with E-state index in [0.717, 1.165) is 31.6 Å². The second kappa shape index (κ2) is 7.92. The van der Waals surface area contributed by atoms with Crippen molar-refractivity contribution in [2.45, 2.75) is 12.2 Å². The van der Waals surface area contributed by atoms with Crippen LogP contribution in [0.25, 0.3) is 0 Å². The minimum Gasteiger partial charge on any atom is -0.332 e. The van der Waals surface area contributed by atoms with Crippen molar-refractivity contribution in [2.75, 3.05) is 32.7 Å². The van der Waals surface area contributed by atoms with Crippen molar-refractivity contribution in [1.29, 1.82) is 0 Å². The van der Waals surface area contributed by atoms with E-state index in [9.17, 15) is 8.42 Å². The largest absolute Gasteiger partial charge is 0.332 e. The lowest BCUT2D eigenvalue weighted by Crippen LogP contribution is -3.15. The monoisotopic (exact) mass is 345 g/mol. The Kier molecular flexibility index (Phi) is 5.66. The number of rotatable bonds is 6. The quantitative estimate of drug-likeness (QED) is 0.847. The smallest absolute Gasteiger partial charge is 0.218 e. The highest BCUT2D eigenvalue weighted by Gasteiger charge is 2.28. The average molecular weight is 345 g/mol. The highest BCUT2D eigenvalue weighted by atomic mass is 32.2. The molecule has 2 aromatic rings. The first-order valence-electron chi connectivity index (χ1n) is 8.53. The Morgan fingerprint density at radius 1 is 0.833 bits per heavy atom. The van der Waals surface area contributed by atoms with Crippen molar-refractivity contribution in [1.82, 2.24) is 4.31 Å². The van der Waals surface area contributed by atoms with Gasteiger partial charge in [-0.1, -0.05) is 60.7 Å². The maximum absolute atomic E-state index is 12.6. The van der Waals surface area contributed by atoms with Gasteiger partial charge in [0.25, 0.3) is 0 Å². The summed E-state index contributed by atoms with van der Waals surface area (Å²) in [6.45, 7) is 4.09. The van der Waals surface area contributed by atoms with E-state index in [-0.39, 0.29) is 5.75 Å². The molecule has 128 valence electrons. The number of sulfonamides is 1. The van der Waals surface area contributed by atoms with E-state index in [0.29, 0.717) is 13.1 Å². The van der Waals surface area contributed by atoms with Gasteiger partial charge >= 0.3 is 0 Å². The first-order valence-corrected chi connectivity index (χ1v) is 10.1. The lowest BCUT2D eigenvalue weighted by atomic mass is 10.1. The van der Waals surface area contributed by atoms with Crippen LogP contribution < -0.4 is 4.90 Å². The normalized spacial score (nSPS) is 17.0. The predicted molar refractivity (Wildman–Crippen MR) is 96.3 cm³/mol. The minimum atomic E-state index is -3.21. The molecule has 24 heavy (non-hydrogen) atoms. The molecule has 0 radical (unpaired) electrons. The van der Waals surface area contributed by atoms with Crippen molar-refractivity contribution in [3.05, 3.63) is 71.8 Å². The molecule has 0 amide bonds. The summed E-state index contributed by atoms with van der Waals surface area (Å²) in [7, 11) is -3.21. The van der Waals surface area contributed by atoms with Gasteiger partial charge < -0.3 is 4.90 Å². The van der Waals surface area contributed by atoms with Crippen LogP contribution in [0, 0.1) is 0 Å². The van der Waals surface area contributed by atoms with Crippen LogP contribution in [0.15, 0.2) is 60.7 Å². The fourth-order valence-corrected chi connectivity index (χ4v) is 4.71. The minimum absolute atomic E-state index is 0.104. The van der Waals surface area contributed by atoms with Gasteiger partial charge in [0.15, 0.2) is 0 Å². The van der Waals surface area contributed by atoms with Crippen molar-refractivity contribution in [2.24, 2.45) is 0 Å².